The van der Waals surface area contributed by atoms with Gasteiger partial charge in [-0.2, -0.15) is 4.31 Å². The molecule has 29 heavy (non-hydrogen) atoms. The lowest BCUT2D eigenvalue weighted by molar-refractivity contribution is -0.120. The average Bonchev–Trinajstić information content (AvgIpc) is 2.74. The van der Waals surface area contributed by atoms with Gasteiger partial charge in [-0.1, -0.05) is 12.1 Å². The summed E-state index contributed by atoms with van der Waals surface area (Å²) in [5.74, 6) is -0.872. The van der Waals surface area contributed by atoms with E-state index in [-0.39, 0.29) is 29.8 Å². The highest BCUT2D eigenvalue weighted by Crippen LogP contribution is 2.27. The van der Waals surface area contributed by atoms with Gasteiger partial charge >= 0.3 is 0 Å². The van der Waals surface area contributed by atoms with Gasteiger partial charge in [0.15, 0.2) is 0 Å². The van der Waals surface area contributed by atoms with Gasteiger partial charge in [-0.15, -0.1) is 0 Å². The number of carbonyl (C=O) groups excluding carboxylic acids is 1. The van der Waals surface area contributed by atoms with E-state index in [0.717, 1.165) is 28.6 Å². The van der Waals surface area contributed by atoms with Gasteiger partial charge in [0, 0.05) is 47.9 Å². The Morgan fingerprint density at radius 3 is 2.52 bits per heavy atom. The van der Waals surface area contributed by atoms with Crippen LogP contribution in [0.2, 0.25) is 0 Å². The van der Waals surface area contributed by atoms with Crippen molar-refractivity contribution in [2.24, 2.45) is 5.92 Å². The van der Waals surface area contributed by atoms with Crippen molar-refractivity contribution in [2.75, 3.05) is 18.4 Å². The molecule has 1 N–H and O–H groups in total. The summed E-state index contributed by atoms with van der Waals surface area (Å²) in [4.78, 5) is 16.9. The quantitative estimate of drug-likeness (QED) is 0.711. The van der Waals surface area contributed by atoms with E-state index in [2.05, 4.69) is 10.3 Å². The van der Waals surface area contributed by atoms with E-state index in [0.29, 0.717) is 12.8 Å². The van der Waals surface area contributed by atoms with Gasteiger partial charge < -0.3 is 5.32 Å². The number of piperidine rings is 1. The number of nitrogens with one attached hydrogen (secondary N) is 1. The highest BCUT2D eigenvalue weighted by Gasteiger charge is 2.32. The molecule has 0 atom stereocenters. The molecule has 0 spiro atoms. The fourth-order valence-electron chi connectivity index (χ4n) is 3.58. The second kappa shape index (κ2) is 7.88. The Balaban J connectivity index is 1.43. The minimum absolute atomic E-state index is 0.0613. The molecule has 1 fully saturated rings. The van der Waals surface area contributed by atoms with E-state index >= 15 is 0 Å². The summed E-state index contributed by atoms with van der Waals surface area (Å²) in [6.07, 6.45) is 4.28. The highest BCUT2D eigenvalue weighted by molar-refractivity contribution is 7.89. The van der Waals surface area contributed by atoms with Crippen LogP contribution in [0.3, 0.4) is 0 Å². The van der Waals surface area contributed by atoms with Crippen LogP contribution in [0.25, 0.3) is 10.8 Å². The van der Waals surface area contributed by atoms with Crippen molar-refractivity contribution in [1.29, 1.82) is 0 Å². The molecule has 0 unspecified atom stereocenters. The lowest BCUT2D eigenvalue weighted by Crippen LogP contribution is -2.41. The molecule has 8 heteroatoms. The van der Waals surface area contributed by atoms with E-state index in [9.17, 15) is 17.6 Å². The van der Waals surface area contributed by atoms with E-state index in [1.54, 1.807) is 12.4 Å². The lowest BCUT2D eigenvalue weighted by atomic mass is 9.97. The molecule has 1 aromatic heterocycles. The molecule has 3 aromatic rings. The minimum atomic E-state index is -3.69. The maximum absolute atomic E-state index is 13.1. The molecule has 1 amide bonds. The van der Waals surface area contributed by atoms with Gasteiger partial charge in [0.1, 0.15) is 5.82 Å². The summed E-state index contributed by atoms with van der Waals surface area (Å²) >= 11 is 0. The fraction of sp³-hybridized carbons (Fsp3) is 0.238. The first kappa shape index (κ1) is 19.5. The predicted octanol–water partition coefficient (Wildman–Crippen LogP) is 3.41. The largest absolute Gasteiger partial charge is 0.325 e. The lowest BCUT2D eigenvalue weighted by Gasteiger charge is -2.30. The molecule has 1 saturated heterocycles. The van der Waals surface area contributed by atoms with Gasteiger partial charge in [-0.25, -0.2) is 12.8 Å². The molecular formula is C21H20FN3O3S. The van der Waals surface area contributed by atoms with Crippen LogP contribution in [0.15, 0.2) is 65.8 Å². The molecule has 6 nitrogen and oxygen atoms in total. The number of nitrogens with zero attached hydrogens (tertiary/aromatic N) is 2. The Morgan fingerprint density at radius 2 is 1.79 bits per heavy atom. The van der Waals surface area contributed by atoms with Gasteiger partial charge in [-0.05, 0) is 49.2 Å². The molecule has 1 aliphatic rings. The van der Waals surface area contributed by atoms with Crippen LogP contribution in [0.5, 0.6) is 0 Å². The number of hydrogen-bond acceptors (Lipinski definition) is 4. The van der Waals surface area contributed by atoms with E-state index in [4.69, 9.17) is 0 Å². The standard InChI is InChI=1S/C21H20FN3O3S/c22-17-4-6-18(7-5-17)29(27,28)25-12-9-15(10-13-25)21(26)24-20-3-1-2-16-14-23-11-8-19(16)20/h1-8,11,14-15H,9-10,12-13H2,(H,24,26). The van der Waals surface area contributed by atoms with Crippen molar-refractivity contribution in [1.82, 2.24) is 9.29 Å². The molecular weight excluding hydrogens is 393 g/mol. The van der Waals surface area contributed by atoms with E-state index in [1.807, 2.05) is 24.3 Å². The number of amides is 1. The van der Waals surface area contributed by atoms with E-state index < -0.39 is 15.8 Å². The summed E-state index contributed by atoms with van der Waals surface area (Å²) in [7, 11) is -3.69. The maximum Gasteiger partial charge on any atom is 0.243 e. The Hall–Kier alpha value is -2.84. The predicted molar refractivity (Wildman–Crippen MR) is 108 cm³/mol. The third-order valence-electron chi connectivity index (χ3n) is 5.21. The summed E-state index contributed by atoms with van der Waals surface area (Å²) in [5, 5.41) is 4.81. The second-order valence-electron chi connectivity index (χ2n) is 7.02. The number of anilines is 1. The number of sulfonamides is 1. The summed E-state index contributed by atoms with van der Waals surface area (Å²) in [6.45, 7) is 0.495. The summed E-state index contributed by atoms with van der Waals surface area (Å²) < 4.78 is 39.9. The fourth-order valence-corrected chi connectivity index (χ4v) is 5.05. The van der Waals surface area contributed by atoms with Crippen LogP contribution >= 0.6 is 0 Å². The third-order valence-corrected chi connectivity index (χ3v) is 7.13. The molecule has 0 radical (unpaired) electrons. The second-order valence-corrected chi connectivity index (χ2v) is 8.96. The first-order valence-corrected chi connectivity index (χ1v) is 10.8. The van der Waals surface area contributed by atoms with Gasteiger partial charge in [0.25, 0.3) is 0 Å². The van der Waals surface area contributed by atoms with Crippen molar-refractivity contribution in [3.8, 4) is 0 Å². The molecule has 4 rings (SSSR count). The number of benzene rings is 2. The number of aromatic nitrogens is 1. The summed E-state index contributed by atoms with van der Waals surface area (Å²) in [6, 6.07) is 12.3. The van der Waals surface area contributed by atoms with Crippen LogP contribution in [0, 0.1) is 11.7 Å². The number of pyridine rings is 1. The highest BCUT2D eigenvalue weighted by atomic mass is 32.2. The monoisotopic (exact) mass is 413 g/mol. The Kier molecular flexibility index (Phi) is 5.29. The third kappa shape index (κ3) is 3.99. The number of carbonyl (C=O) groups is 1. The van der Waals surface area contributed by atoms with Gasteiger partial charge in [-0.3, -0.25) is 9.78 Å². The van der Waals surface area contributed by atoms with E-state index in [1.165, 1.54) is 16.4 Å². The average molecular weight is 413 g/mol. The zero-order chi connectivity index (χ0) is 20.4. The van der Waals surface area contributed by atoms with Crippen molar-refractivity contribution < 1.29 is 17.6 Å². The molecule has 2 aromatic carbocycles. The number of rotatable bonds is 4. The smallest absolute Gasteiger partial charge is 0.243 e. The molecule has 1 aliphatic heterocycles. The zero-order valence-electron chi connectivity index (χ0n) is 15.6. The van der Waals surface area contributed by atoms with Crippen molar-refractivity contribution in [3.05, 3.63) is 66.7 Å². The molecule has 150 valence electrons. The first-order valence-electron chi connectivity index (χ1n) is 9.34. The molecule has 0 bridgehead atoms. The molecule has 0 saturated carbocycles. The Labute approximate surface area is 168 Å². The van der Waals surface area contributed by atoms with Crippen molar-refractivity contribution in [3.63, 3.8) is 0 Å². The maximum atomic E-state index is 13.1. The van der Waals surface area contributed by atoms with Crippen LogP contribution in [-0.4, -0.2) is 36.7 Å². The van der Waals surface area contributed by atoms with Crippen molar-refractivity contribution in [2.45, 2.75) is 17.7 Å². The number of hydrogen-bond donors (Lipinski definition) is 1. The van der Waals surface area contributed by atoms with Crippen LogP contribution in [-0.2, 0) is 14.8 Å². The molecule has 0 aliphatic carbocycles. The van der Waals surface area contributed by atoms with Crippen LogP contribution < -0.4 is 5.32 Å². The van der Waals surface area contributed by atoms with Gasteiger partial charge in [0.05, 0.1) is 4.90 Å². The van der Waals surface area contributed by atoms with Crippen molar-refractivity contribution >= 4 is 32.4 Å². The van der Waals surface area contributed by atoms with Crippen LogP contribution in [0.4, 0.5) is 10.1 Å². The molecule has 2 heterocycles. The van der Waals surface area contributed by atoms with Crippen LogP contribution in [0.1, 0.15) is 12.8 Å². The Bertz CT molecular complexity index is 1140. The summed E-state index contributed by atoms with van der Waals surface area (Å²) in [5.41, 5.74) is 0.719. The van der Waals surface area contributed by atoms with Gasteiger partial charge in [0.2, 0.25) is 15.9 Å². The topological polar surface area (TPSA) is 79.4 Å². The number of halogens is 1. The minimum Gasteiger partial charge on any atom is -0.325 e. The Morgan fingerprint density at radius 1 is 1.07 bits per heavy atom. The number of fused-ring (bicyclic) bond motifs is 1. The zero-order valence-corrected chi connectivity index (χ0v) is 16.4. The SMILES string of the molecule is O=C(Nc1cccc2cnccc12)C1CCN(S(=O)(=O)c2ccc(F)cc2)CC1. The normalized spacial score (nSPS) is 16.0. The first-order chi connectivity index (χ1) is 13.9.